The van der Waals surface area contributed by atoms with Crippen LogP contribution in [0.2, 0.25) is 0 Å². The number of anilines is 1. The molecule has 2 aliphatic rings. The first-order valence-corrected chi connectivity index (χ1v) is 11.5. The van der Waals surface area contributed by atoms with Gasteiger partial charge in [0.15, 0.2) is 0 Å². The quantitative estimate of drug-likeness (QED) is 0.610. The molecule has 1 aromatic heterocycles. The Kier molecular flexibility index (Phi) is 4.60. The SMILES string of the molecule is COC(=O)c1ccc2[nH]c3c(c2c1)CN(S(=O)(=O)c1ccc2c(c1)CCC(=O)N2)CC3. The maximum Gasteiger partial charge on any atom is 0.337 e. The molecule has 0 fully saturated rings. The second-order valence-corrected chi connectivity index (χ2v) is 9.73. The molecule has 0 saturated carbocycles. The molecule has 0 saturated heterocycles. The van der Waals surface area contributed by atoms with E-state index in [1.54, 1.807) is 30.3 Å². The number of esters is 1. The van der Waals surface area contributed by atoms with Crippen LogP contribution in [-0.4, -0.2) is 43.2 Å². The average molecular weight is 439 g/mol. The van der Waals surface area contributed by atoms with Crippen LogP contribution in [0.1, 0.15) is 33.6 Å². The molecule has 0 unspecified atom stereocenters. The minimum atomic E-state index is -3.71. The number of carbonyl (C=O) groups is 2. The zero-order valence-corrected chi connectivity index (χ0v) is 17.7. The Morgan fingerprint density at radius 2 is 1.94 bits per heavy atom. The zero-order valence-electron chi connectivity index (χ0n) is 16.9. The van der Waals surface area contributed by atoms with E-state index in [2.05, 4.69) is 10.3 Å². The van der Waals surface area contributed by atoms with Gasteiger partial charge in [-0.3, -0.25) is 4.79 Å². The molecule has 1 amide bonds. The van der Waals surface area contributed by atoms with Gasteiger partial charge in [0, 0.05) is 48.2 Å². The first-order chi connectivity index (χ1) is 14.9. The number of rotatable bonds is 3. The molecular weight excluding hydrogens is 418 g/mol. The highest BCUT2D eigenvalue weighted by atomic mass is 32.2. The van der Waals surface area contributed by atoms with Gasteiger partial charge in [-0.15, -0.1) is 0 Å². The molecule has 2 aromatic carbocycles. The van der Waals surface area contributed by atoms with Gasteiger partial charge >= 0.3 is 5.97 Å². The molecule has 2 aliphatic heterocycles. The van der Waals surface area contributed by atoms with Crippen LogP contribution in [0, 0.1) is 0 Å². The standard InChI is InChI=1S/C22H21N3O5S/c1-30-22(27)14-2-5-19-16(11-14)17-12-25(9-8-20(17)23-19)31(28,29)15-4-6-18-13(10-15)3-7-21(26)24-18/h2,4-6,10-11,23H,3,7-9,12H2,1H3,(H,24,26). The van der Waals surface area contributed by atoms with E-state index in [1.807, 2.05) is 6.07 Å². The number of amides is 1. The van der Waals surface area contributed by atoms with E-state index in [0.29, 0.717) is 37.1 Å². The third-order valence-electron chi connectivity index (χ3n) is 5.97. The van der Waals surface area contributed by atoms with Crippen LogP contribution in [0.5, 0.6) is 0 Å². The third-order valence-corrected chi connectivity index (χ3v) is 7.81. The molecule has 3 heterocycles. The lowest BCUT2D eigenvalue weighted by Crippen LogP contribution is -2.36. The highest BCUT2D eigenvalue weighted by molar-refractivity contribution is 7.89. The molecule has 0 aliphatic carbocycles. The van der Waals surface area contributed by atoms with E-state index in [4.69, 9.17) is 4.74 Å². The molecule has 2 N–H and O–H groups in total. The second kappa shape index (κ2) is 7.21. The van der Waals surface area contributed by atoms with Crippen LogP contribution >= 0.6 is 0 Å². The third kappa shape index (κ3) is 3.30. The van der Waals surface area contributed by atoms with Crippen LogP contribution in [-0.2, 0) is 38.9 Å². The fourth-order valence-corrected chi connectivity index (χ4v) is 5.77. The predicted octanol–water partition coefficient (Wildman–Crippen LogP) is 2.59. The summed E-state index contributed by atoms with van der Waals surface area (Å²) in [5.74, 6) is -0.490. The first kappa shape index (κ1) is 19.8. The summed E-state index contributed by atoms with van der Waals surface area (Å²) in [6.45, 7) is 0.579. The number of benzene rings is 2. The number of H-pyrrole nitrogens is 1. The van der Waals surface area contributed by atoms with E-state index in [0.717, 1.165) is 27.7 Å². The van der Waals surface area contributed by atoms with Crippen molar-refractivity contribution in [1.82, 2.24) is 9.29 Å². The molecule has 8 nitrogen and oxygen atoms in total. The summed E-state index contributed by atoms with van der Waals surface area (Å²) in [4.78, 5) is 27.1. The number of hydrogen-bond donors (Lipinski definition) is 2. The summed E-state index contributed by atoms with van der Waals surface area (Å²) in [5.41, 5.74) is 4.64. The zero-order chi connectivity index (χ0) is 21.8. The van der Waals surface area contributed by atoms with Crippen molar-refractivity contribution in [2.45, 2.75) is 30.7 Å². The number of fused-ring (bicyclic) bond motifs is 4. The number of hydrogen-bond acceptors (Lipinski definition) is 5. The number of aromatic nitrogens is 1. The molecule has 160 valence electrons. The number of aryl methyl sites for hydroxylation is 1. The summed E-state index contributed by atoms with van der Waals surface area (Å²) in [7, 11) is -2.38. The maximum absolute atomic E-state index is 13.4. The van der Waals surface area contributed by atoms with Crippen molar-refractivity contribution in [2.24, 2.45) is 0 Å². The lowest BCUT2D eigenvalue weighted by Gasteiger charge is -2.27. The van der Waals surface area contributed by atoms with Crippen LogP contribution in [0.3, 0.4) is 0 Å². The number of nitrogens with zero attached hydrogens (tertiary/aromatic N) is 1. The topological polar surface area (TPSA) is 109 Å². The van der Waals surface area contributed by atoms with Crippen LogP contribution < -0.4 is 5.32 Å². The van der Waals surface area contributed by atoms with Gasteiger partial charge < -0.3 is 15.0 Å². The molecular formula is C22H21N3O5S. The van der Waals surface area contributed by atoms with Gasteiger partial charge in [0.05, 0.1) is 17.6 Å². The predicted molar refractivity (Wildman–Crippen MR) is 114 cm³/mol. The Bertz CT molecular complexity index is 1340. The molecule has 0 spiro atoms. The van der Waals surface area contributed by atoms with E-state index >= 15 is 0 Å². The van der Waals surface area contributed by atoms with Crippen molar-refractivity contribution in [3.05, 3.63) is 58.8 Å². The van der Waals surface area contributed by atoms with Gasteiger partial charge in [0.25, 0.3) is 0 Å². The van der Waals surface area contributed by atoms with Crippen molar-refractivity contribution < 1.29 is 22.7 Å². The van der Waals surface area contributed by atoms with Gasteiger partial charge in [-0.25, -0.2) is 13.2 Å². The smallest absolute Gasteiger partial charge is 0.337 e. The summed E-state index contributed by atoms with van der Waals surface area (Å²) >= 11 is 0. The van der Waals surface area contributed by atoms with Crippen molar-refractivity contribution in [1.29, 1.82) is 0 Å². The van der Waals surface area contributed by atoms with Crippen molar-refractivity contribution in [3.8, 4) is 0 Å². The molecule has 3 aromatic rings. The van der Waals surface area contributed by atoms with Gasteiger partial charge in [0.2, 0.25) is 15.9 Å². The highest BCUT2D eigenvalue weighted by Crippen LogP contribution is 2.33. The number of ether oxygens (including phenoxy) is 1. The van der Waals surface area contributed by atoms with Gasteiger partial charge in [-0.2, -0.15) is 4.31 Å². The number of methoxy groups -OCH3 is 1. The molecule has 0 radical (unpaired) electrons. The fourth-order valence-electron chi connectivity index (χ4n) is 4.31. The summed E-state index contributed by atoms with van der Waals surface area (Å²) in [5, 5.41) is 3.60. The van der Waals surface area contributed by atoms with Gasteiger partial charge in [-0.05, 0) is 53.9 Å². The molecule has 0 bridgehead atoms. The second-order valence-electron chi connectivity index (χ2n) is 7.79. The maximum atomic E-state index is 13.4. The van der Waals surface area contributed by atoms with Gasteiger partial charge in [-0.1, -0.05) is 0 Å². The molecule has 9 heteroatoms. The lowest BCUT2D eigenvalue weighted by atomic mass is 10.0. The van der Waals surface area contributed by atoms with Crippen LogP contribution in [0.15, 0.2) is 41.3 Å². The Labute approximate surface area is 179 Å². The van der Waals surface area contributed by atoms with Crippen LogP contribution in [0.4, 0.5) is 5.69 Å². The molecule has 0 atom stereocenters. The normalized spacial score (nSPS) is 16.5. The minimum absolute atomic E-state index is 0.0580. The highest BCUT2D eigenvalue weighted by Gasteiger charge is 2.31. The van der Waals surface area contributed by atoms with Crippen molar-refractivity contribution in [3.63, 3.8) is 0 Å². The number of carbonyl (C=O) groups excluding carboxylic acids is 2. The summed E-state index contributed by atoms with van der Waals surface area (Å²) in [6, 6.07) is 10.1. The number of sulfonamides is 1. The van der Waals surface area contributed by atoms with E-state index in [9.17, 15) is 18.0 Å². The fraction of sp³-hybridized carbons (Fsp3) is 0.273. The van der Waals surface area contributed by atoms with E-state index in [1.165, 1.54) is 11.4 Å². The minimum Gasteiger partial charge on any atom is -0.465 e. The Hall–Kier alpha value is -3.17. The van der Waals surface area contributed by atoms with Gasteiger partial charge in [0.1, 0.15) is 0 Å². The summed E-state index contributed by atoms with van der Waals surface area (Å²) in [6.07, 6.45) is 1.42. The molecule has 31 heavy (non-hydrogen) atoms. The monoisotopic (exact) mass is 439 g/mol. The Balaban J connectivity index is 1.49. The largest absolute Gasteiger partial charge is 0.465 e. The average Bonchev–Trinajstić information content (AvgIpc) is 3.15. The molecule has 5 rings (SSSR count). The van der Waals surface area contributed by atoms with Crippen LogP contribution in [0.25, 0.3) is 10.9 Å². The number of nitrogens with one attached hydrogen (secondary N) is 2. The summed E-state index contributed by atoms with van der Waals surface area (Å²) < 4.78 is 33.0. The van der Waals surface area contributed by atoms with E-state index < -0.39 is 16.0 Å². The lowest BCUT2D eigenvalue weighted by molar-refractivity contribution is -0.116. The Morgan fingerprint density at radius 1 is 1.10 bits per heavy atom. The number of aromatic amines is 1. The van der Waals surface area contributed by atoms with Crippen molar-refractivity contribution in [2.75, 3.05) is 19.0 Å². The Morgan fingerprint density at radius 3 is 2.74 bits per heavy atom. The van der Waals surface area contributed by atoms with Crippen molar-refractivity contribution >= 4 is 38.5 Å². The first-order valence-electron chi connectivity index (χ1n) is 10.0. The van der Waals surface area contributed by atoms with E-state index in [-0.39, 0.29) is 17.3 Å².